The van der Waals surface area contributed by atoms with Crippen LogP contribution in [0.5, 0.6) is 0 Å². The molecule has 0 spiro atoms. The topological polar surface area (TPSA) is 72.2 Å². The van der Waals surface area contributed by atoms with Gasteiger partial charge in [-0.2, -0.15) is 0 Å². The number of rotatable bonds is 5. The van der Waals surface area contributed by atoms with E-state index in [4.69, 9.17) is 5.73 Å². The van der Waals surface area contributed by atoms with Crippen molar-refractivity contribution in [2.45, 2.75) is 51.3 Å². The summed E-state index contributed by atoms with van der Waals surface area (Å²) in [5.41, 5.74) is 7.05. The third-order valence-electron chi connectivity index (χ3n) is 4.41. The molecular formula is C16H26N2O2S. The van der Waals surface area contributed by atoms with Crippen LogP contribution >= 0.6 is 0 Å². The van der Waals surface area contributed by atoms with Gasteiger partial charge in [-0.05, 0) is 36.3 Å². The number of nitrogens with one attached hydrogen (secondary N) is 1. The Morgan fingerprint density at radius 2 is 1.90 bits per heavy atom. The summed E-state index contributed by atoms with van der Waals surface area (Å²) >= 11 is 0. The molecule has 0 radical (unpaired) electrons. The maximum absolute atomic E-state index is 12.4. The van der Waals surface area contributed by atoms with E-state index in [0.717, 1.165) is 19.3 Å². The summed E-state index contributed by atoms with van der Waals surface area (Å²) in [4.78, 5) is 0. The Hall–Kier alpha value is -1.07. The van der Waals surface area contributed by atoms with Gasteiger partial charge in [-0.15, -0.1) is 0 Å². The Morgan fingerprint density at radius 1 is 1.24 bits per heavy atom. The minimum Gasteiger partial charge on any atom is -0.398 e. The Labute approximate surface area is 128 Å². The molecule has 0 heterocycles. The quantitative estimate of drug-likeness (QED) is 0.821. The molecule has 5 heteroatoms. The van der Waals surface area contributed by atoms with Crippen LogP contribution in [0.2, 0.25) is 0 Å². The lowest BCUT2D eigenvalue weighted by Crippen LogP contribution is -2.44. The number of anilines is 1. The Balaban J connectivity index is 2.08. The standard InChI is InChI=1S/C16H26N2O2S/c1-12(2)14-8-4-6-10-16(14)18-21(19,20)11-13-7-3-5-9-15(13)17/h3,5,7,9,12,14,16,18H,4,6,8,10-11,17H2,1-2H3. The Bertz CT molecular complexity index is 569. The zero-order valence-corrected chi connectivity index (χ0v) is 13.7. The molecule has 2 rings (SSSR count). The van der Waals surface area contributed by atoms with Crippen LogP contribution in [-0.4, -0.2) is 14.5 Å². The van der Waals surface area contributed by atoms with Crippen molar-refractivity contribution in [1.82, 2.24) is 4.72 Å². The molecule has 1 saturated carbocycles. The van der Waals surface area contributed by atoms with Gasteiger partial charge in [0.1, 0.15) is 0 Å². The number of nitrogens with two attached hydrogens (primary N) is 1. The van der Waals surface area contributed by atoms with Gasteiger partial charge in [0.2, 0.25) is 10.0 Å². The van der Waals surface area contributed by atoms with E-state index in [-0.39, 0.29) is 11.8 Å². The lowest BCUT2D eigenvalue weighted by Gasteiger charge is -2.34. The first-order valence-corrected chi connectivity index (χ1v) is 9.37. The molecule has 0 saturated heterocycles. The summed E-state index contributed by atoms with van der Waals surface area (Å²) in [6.45, 7) is 4.35. The normalized spacial score (nSPS) is 23.4. The number of sulfonamides is 1. The summed E-state index contributed by atoms with van der Waals surface area (Å²) in [7, 11) is -3.35. The fraction of sp³-hybridized carbons (Fsp3) is 0.625. The zero-order valence-electron chi connectivity index (χ0n) is 12.9. The van der Waals surface area contributed by atoms with Gasteiger partial charge < -0.3 is 5.73 Å². The second-order valence-electron chi connectivity index (χ2n) is 6.37. The first-order valence-electron chi connectivity index (χ1n) is 7.72. The largest absolute Gasteiger partial charge is 0.398 e. The van der Waals surface area contributed by atoms with Gasteiger partial charge in [-0.3, -0.25) is 0 Å². The van der Waals surface area contributed by atoms with Crippen LogP contribution in [0.3, 0.4) is 0 Å². The van der Waals surface area contributed by atoms with Gasteiger partial charge in [-0.25, -0.2) is 13.1 Å². The number of para-hydroxylation sites is 1. The van der Waals surface area contributed by atoms with E-state index in [9.17, 15) is 8.42 Å². The van der Waals surface area contributed by atoms with Crippen molar-refractivity contribution in [3.8, 4) is 0 Å². The molecule has 4 nitrogen and oxygen atoms in total. The highest BCUT2D eigenvalue weighted by Gasteiger charge is 2.30. The summed E-state index contributed by atoms with van der Waals surface area (Å²) in [6, 6.07) is 7.21. The smallest absolute Gasteiger partial charge is 0.216 e. The molecule has 1 fully saturated rings. The van der Waals surface area contributed by atoms with E-state index >= 15 is 0 Å². The summed E-state index contributed by atoms with van der Waals surface area (Å²) in [5, 5.41) is 0. The average Bonchev–Trinajstić information content (AvgIpc) is 2.41. The van der Waals surface area contributed by atoms with Crippen LogP contribution in [-0.2, 0) is 15.8 Å². The summed E-state index contributed by atoms with van der Waals surface area (Å²) in [5.74, 6) is 0.891. The first-order chi connectivity index (χ1) is 9.89. The van der Waals surface area contributed by atoms with Crippen molar-refractivity contribution in [2.24, 2.45) is 11.8 Å². The van der Waals surface area contributed by atoms with E-state index in [2.05, 4.69) is 18.6 Å². The molecular weight excluding hydrogens is 284 g/mol. The Kier molecular flexibility index (Phi) is 5.27. The van der Waals surface area contributed by atoms with Gasteiger partial charge in [0.25, 0.3) is 0 Å². The van der Waals surface area contributed by atoms with Gasteiger partial charge in [0.15, 0.2) is 0 Å². The zero-order chi connectivity index (χ0) is 15.5. The second kappa shape index (κ2) is 6.79. The SMILES string of the molecule is CC(C)C1CCCCC1NS(=O)(=O)Cc1ccccc1N. The number of hydrogen-bond donors (Lipinski definition) is 2. The maximum Gasteiger partial charge on any atom is 0.216 e. The number of benzene rings is 1. The minimum atomic E-state index is -3.35. The van der Waals surface area contributed by atoms with E-state index in [1.807, 2.05) is 12.1 Å². The predicted molar refractivity (Wildman–Crippen MR) is 87.2 cm³/mol. The fourth-order valence-electron chi connectivity index (χ4n) is 3.25. The molecule has 1 aromatic carbocycles. The maximum atomic E-state index is 12.4. The van der Waals surface area contributed by atoms with Crippen LogP contribution in [0.4, 0.5) is 5.69 Å². The first kappa shape index (κ1) is 16.3. The third kappa shape index (κ3) is 4.45. The molecule has 21 heavy (non-hydrogen) atoms. The van der Waals surface area contributed by atoms with Crippen LogP contribution in [0.1, 0.15) is 45.1 Å². The molecule has 3 N–H and O–H groups in total. The average molecular weight is 310 g/mol. The van der Waals surface area contributed by atoms with Crippen molar-refractivity contribution in [1.29, 1.82) is 0 Å². The summed E-state index contributed by atoms with van der Waals surface area (Å²) < 4.78 is 27.8. The second-order valence-corrected chi connectivity index (χ2v) is 8.13. The van der Waals surface area contributed by atoms with Crippen LogP contribution in [0.25, 0.3) is 0 Å². The molecule has 1 aliphatic carbocycles. The molecule has 0 aliphatic heterocycles. The van der Waals surface area contributed by atoms with Crippen molar-refractivity contribution in [3.63, 3.8) is 0 Å². The molecule has 0 aromatic heterocycles. The van der Waals surface area contributed by atoms with E-state index < -0.39 is 10.0 Å². The number of hydrogen-bond acceptors (Lipinski definition) is 3. The van der Waals surface area contributed by atoms with Gasteiger partial charge in [0.05, 0.1) is 5.75 Å². The van der Waals surface area contributed by atoms with Crippen LogP contribution < -0.4 is 10.5 Å². The molecule has 1 aromatic rings. The van der Waals surface area contributed by atoms with Crippen LogP contribution in [0, 0.1) is 11.8 Å². The third-order valence-corrected chi connectivity index (χ3v) is 5.76. The van der Waals surface area contributed by atoms with Gasteiger partial charge in [0, 0.05) is 11.7 Å². The minimum absolute atomic E-state index is 0.0407. The van der Waals surface area contributed by atoms with Gasteiger partial charge in [-0.1, -0.05) is 44.9 Å². The van der Waals surface area contributed by atoms with Crippen molar-refractivity contribution < 1.29 is 8.42 Å². The highest BCUT2D eigenvalue weighted by Crippen LogP contribution is 2.31. The lowest BCUT2D eigenvalue weighted by molar-refractivity contribution is 0.226. The van der Waals surface area contributed by atoms with E-state index in [1.54, 1.807) is 12.1 Å². The molecule has 2 unspecified atom stereocenters. The highest BCUT2D eigenvalue weighted by atomic mass is 32.2. The summed E-state index contributed by atoms with van der Waals surface area (Å²) in [6.07, 6.45) is 4.35. The number of nitrogen functional groups attached to an aromatic ring is 1. The van der Waals surface area contributed by atoms with Crippen molar-refractivity contribution >= 4 is 15.7 Å². The molecule has 2 atom stereocenters. The predicted octanol–water partition coefficient (Wildman–Crippen LogP) is 2.90. The highest BCUT2D eigenvalue weighted by molar-refractivity contribution is 7.88. The lowest BCUT2D eigenvalue weighted by atomic mass is 9.78. The van der Waals surface area contributed by atoms with Crippen molar-refractivity contribution in [2.75, 3.05) is 5.73 Å². The van der Waals surface area contributed by atoms with Crippen LogP contribution in [0.15, 0.2) is 24.3 Å². The Morgan fingerprint density at radius 3 is 2.57 bits per heavy atom. The monoisotopic (exact) mass is 310 g/mol. The van der Waals surface area contributed by atoms with Gasteiger partial charge >= 0.3 is 0 Å². The molecule has 0 amide bonds. The molecule has 118 valence electrons. The van der Waals surface area contributed by atoms with E-state index in [1.165, 1.54) is 6.42 Å². The molecule has 0 bridgehead atoms. The molecule has 1 aliphatic rings. The van der Waals surface area contributed by atoms with Crippen molar-refractivity contribution in [3.05, 3.63) is 29.8 Å². The fourth-order valence-corrected chi connectivity index (χ4v) is 4.76. The van der Waals surface area contributed by atoms with E-state index in [0.29, 0.717) is 23.1 Å².